The van der Waals surface area contributed by atoms with Crippen molar-refractivity contribution < 1.29 is 9.90 Å². The maximum atomic E-state index is 12.3. The van der Waals surface area contributed by atoms with Crippen LogP contribution >= 0.6 is 23.1 Å². The van der Waals surface area contributed by atoms with Crippen LogP contribution in [0.15, 0.2) is 70.5 Å². The van der Waals surface area contributed by atoms with Crippen LogP contribution in [-0.2, 0) is 0 Å². The zero-order valence-corrected chi connectivity index (χ0v) is 13.7. The lowest BCUT2D eigenvalue weighted by Gasteiger charge is -1.91. The standard InChI is InChI=1S/C19H12O2S2/c20-18-12-6-1-3-8-14(12)22-16(18)10-5-11-17-19(21)13-7-2-4-9-15(13)23-17/h1-11,20H/b10-5+,17-11+. The van der Waals surface area contributed by atoms with Gasteiger partial charge in [-0.15, -0.1) is 11.3 Å². The van der Waals surface area contributed by atoms with Gasteiger partial charge in [0.15, 0.2) is 0 Å². The third kappa shape index (κ3) is 2.50. The smallest absolute Gasteiger partial charge is 0.200 e. The molecule has 0 aliphatic carbocycles. The Bertz CT molecular complexity index is 980. The molecule has 0 atom stereocenters. The van der Waals surface area contributed by atoms with Gasteiger partial charge < -0.3 is 5.11 Å². The fourth-order valence-corrected chi connectivity index (χ4v) is 4.55. The van der Waals surface area contributed by atoms with E-state index in [-0.39, 0.29) is 5.78 Å². The molecule has 0 fully saturated rings. The number of ketones is 1. The SMILES string of the molecule is O=C1/C(=C\C=C\c2sc3ccccc3c2O)Sc2ccccc21. The highest BCUT2D eigenvalue weighted by molar-refractivity contribution is 8.04. The van der Waals surface area contributed by atoms with Crippen LogP contribution < -0.4 is 0 Å². The zero-order valence-electron chi connectivity index (χ0n) is 12.0. The Morgan fingerprint density at radius 3 is 2.61 bits per heavy atom. The van der Waals surface area contributed by atoms with Crippen LogP contribution in [0.3, 0.4) is 0 Å². The minimum absolute atomic E-state index is 0.0656. The van der Waals surface area contributed by atoms with Gasteiger partial charge in [0, 0.05) is 20.5 Å². The molecule has 0 amide bonds. The molecule has 0 bridgehead atoms. The van der Waals surface area contributed by atoms with Gasteiger partial charge in [0.2, 0.25) is 5.78 Å². The van der Waals surface area contributed by atoms with Crippen LogP contribution in [0.2, 0.25) is 0 Å². The minimum atomic E-state index is 0.0656. The molecule has 4 heteroatoms. The van der Waals surface area contributed by atoms with Gasteiger partial charge in [0.05, 0.1) is 9.78 Å². The van der Waals surface area contributed by atoms with E-state index in [4.69, 9.17) is 0 Å². The summed E-state index contributed by atoms with van der Waals surface area (Å²) in [6.45, 7) is 0. The highest BCUT2D eigenvalue weighted by Crippen LogP contribution is 2.40. The Balaban J connectivity index is 1.62. The van der Waals surface area contributed by atoms with Gasteiger partial charge in [-0.3, -0.25) is 4.79 Å². The fraction of sp³-hybridized carbons (Fsp3) is 0. The van der Waals surface area contributed by atoms with Gasteiger partial charge in [-0.2, -0.15) is 0 Å². The van der Waals surface area contributed by atoms with E-state index >= 15 is 0 Å². The van der Waals surface area contributed by atoms with E-state index in [0.717, 1.165) is 25.4 Å². The van der Waals surface area contributed by atoms with Gasteiger partial charge in [-0.05, 0) is 36.4 Å². The van der Waals surface area contributed by atoms with Crippen LogP contribution in [0, 0.1) is 0 Å². The quantitative estimate of drug-likeness (QED) is 0.629. The lowest BCUT2D eigenvalue weighted by Crippen LogP contribution is -1.92. The Hall–Kier alpha value is -2.30. The van der Waals surface area contributed by atoms with Crippen molar-refractivity contribution in [1.29, 1.82) is 0 Å². The molecule has 23 heavy (non-hydrogen) atoms. The first-order valence-electron chi connectivity index (χ1n) is 7.14. The Labute approximate surface area is 141 Å². The first kappa shape index (κ1) is 14.3. The molecule has 0 saturated carbocycles. The molecule has 0 radical (unpaired) electrons. The molecular weight excluding hydrogens is 324 g/mol. The summed E-state index contributed by atoms with van der Waals surface area (Å²) in [6.07, 6.45) is 5.50. The second-order valence-electron chi connectivity index (χ2n) is 5.13. The molecule has 3 aromatic rings. The highest BCUT2D eigenvalue weighted by atomic mass is 32.2. The number of thioether (sulfide) groups is 1. The number of rotatable bonds is 2. The summed E-state index contributed by atoms with van der Waals surface area (Å²) in [7, 11) is 0. The monoisotopic (exact) mass is 336 g/mol. The molecule has 0 unspecified atom stereocenters. The topological polar surface area (TPSA) is 37.3 Å². The first-order chi connectivity index (χ1) is 11.2. The van der Waals surface area contributed by atoms with Crippen molar-refractivity contribution in [3.05, 3.63) is 76.0 Å². The maximum Gasteiger partial charge on any atom is 0.200 e. The van der Waals surface area contributed by atoms with Crippen LogP contribution in [-0.4, -0.2) is 10.9 Å². The molecule has 0 saturated heterocycles. The first-order valence-corrected chi connectivity index (χ1v) is 8.78. The Morgan fingerprint density at radius 2 is 1.78 bits per heavy atom. The molecule has 1 aliphatic heterocycles. The van der Waals surface area contributed by atoms with E-state index in [1.54, 1.807) is 0 Å². The van der Waals surface area contributed by atoms with Gasteiger partial charge in [0.25, 0.3) is 0 Å². The molecule has 1 aromatic heterocycles. The van der Waals surface area contributed by atoms with E-state index in [2.05, 4.69) is 0 Å². The average Bonchev–Trinajstić information content (AvgIpc) is 3.07. The Kier molecular flexibility index (Phi) is 3.56. The summed E-state index contributed by atoms with van der Waals surface area (Å²) in [5.74, 6) is 0.366. The third-order valence-corrected chi connectivity index (χ3v) is 5.91. The van der Waals surface area contributed by atoms with Crippen molar-refractivity contribution >= 4 is 45.0 Å². The van der Waals surface area contributed by atoms with Crippen molar-refractivity contribution in [1.82, 2.24) is 0 Å². The predicted molar refractivity (Wildman–Crippen MR) is 97.2 cm³/mol. The molecule has 0 spiro atoms. The van der Waals surface area contributed by atoms with Gasteiger partial charge in [0.1, 0.15) is 5.75 Å². The molecular formula is C19H12O2S2. The summed E-state index contributed by atoms with van der Waals surface area (Å²) in [5, 5.41) is 11.1. The van der Waals surface area contributed by atoms with Gasteiger partial charge >= 0.3 is 0 Å². The lowest BCUT2D eigenvalue weighted by atomic mass is 10.1. The molecule has 2 nitrogen and oxygen atoms in total. The number of allylic oxidation sites excluding steroid dienone is 3. The van der Waals surface area contributed by atoms with Crippen LogP contribution in [0.25, 0.3) is 16.2 Å². The fourth-order valence-electron chi connectivity index (χ4n) is 2.54. The number of hydrogen-bond donors (Lipinski definition) is 1. The lowest BCUT2D eigenvalue weighted by molar-refractivity contribution is 0.104. The third-order valence-electron chi connectivity index (χ3n) is 3.67. The summed E-state index contributed by atoms with van der Waals surface area (Å²) < 4.78 is 1.05. The number of thiophene rings is 1. The molecule has 1 N–H and O–H groups in total. The van der Waals surface area contributed by atoms with Crippen molar-refractivity contribution in [2.75, 3.05) is 0 Å². The second-order valence-corrected chi connectivity index (χ2v) is 7.30. The normalized spacial score (nSPS) is 15.8. The van der Waals surface area contributed by atoms with E-state index in [1.165, 1.54) is 23.1 Å². The largest absolute Gasteiger partial charge is 0.506 e. The van der Waals surface area contributed by atoms with Gasteiger partial charge in [-0.1, -0.05) is 42.1 Å². The van der Waals surface area contributed by atoms with E-state index in [9.17, 15) is 9.90 Å². The van der Waals surface area contributed by atoms with E-state index in [1.807, 2.05) is 66.8 Å². The Morgan fingerprint density at radius 1 is 1.00 bits per heavy atom. The average molecular weight is 336 g/mol. The summed E-state index contributed by atoms with van der Waals surface area (Å²) >= 11 is 3.03. The van der Waals surface area contributed by atoms with Crippen molar-refractivity contribution in [3.63, 3.8) is 0 Å². The summed E-state index contributed by atoms with van der Waals surface area (Å²) in [5.41, 5.74) is 0.766. The number of aromatic hydroxyl groups is 1. The number of carbonyl (C=O) groups excluding carboxylic acids is 1. The van der Waals surface area contributed by atoms with Crippen LogP contribution in [0.5, 0.6) is 5.75 Å². The zero-order chi connectivity index (χ0) is 15.8. The van der Waals surface area contributed by atoms with Crippen molar-refractivity contribution in [2.45, 2.75) is 4.90 Å². The van der Waals surface area contributed by atoms with E-state index < -0.39 is 0 Å². The second kappa shape index (κ2) is 5.72. The molecule has 2 aromatic carbocycles. The number of Topliss-reactive ketones (excluding diaryl/α,β-unsaturated/α-hetero) is 1. The van der Waals surface area contributed by atoms with Crippen LogP contribution in [0.4, 0.5) is 0 Å². The molecule has 112 valence electrons. The predicted octanol–water partition coefficient (Wildman–Crippen LogP) is 5.49. The number of carbonyl (C=O) groups is 1. The summed E-state index contributed by atoms with van der Waals surface area (Å²) in [4.78, 5) is 14.8. The maximum absolute atomic E-state index is 12.3. The number of fused-ring (bicyclic) bond motifs is 2. The summed E-state index contributed by atoms with van der Waals surface area (Å²) in [6, 6.07) is 15.4. The number of hydrogen-bond acceptors (Lipinski definition) is 4. The van der Waals surface area contributed by atoms with Crippen LogP contribution in [0.1, 0.15) is 15.2 Å². The minimum Gasteiger partial charge on any atom is -0.506 e. The molecule has 2 heterocycles. The van der Waals surface area contributed by atoms with E-state index in [0.29, 0.717) is 10.7 Å². The van der Waals surface area contributed by atoms with Gasteiger partial charge in [-0.25, -0.2) is 0 Å². The number of benzene rings is 2. The molecule has 1 aliphatic rings. The highest BCUT2D eigenvalue weighted by Gasteiger charge is 2.24. The van der Waals surface area contributed by atoms with Crippen molar-refractivity contribution in [3.8, 4) is 5.75 Å². The molecule has 4 rings (SSSR count). The van der Waals surface area contributed by atoms with Crippen molar-refractivity contribution in [2.24, 2.45) is 0 Å².